The summed E-state index contributed by atoms with van der Waals surface area (Å²) in [6, 6.07) is 2.77. The molecule has 4 nitrogen and oxygen atoms in total. The molecule has 1 heterocycles. The lowest BCUT2D eigenvalue weighted by Crippen LogP contribution is -2.53. The second kappa shape index (κ2) is 5.58. The smallest absolute Gasteiger partial charge is 0.153 e. The summed E-state index contributed by atoms with van der Waals surface area (Å²) in [4.78, 5) is 2.28. The van der Waals surface area contributed by atoms with Gasteiger partial charge in [0.15, 0.2) is 9.84 Å². The van der Waals surface area contributed by atoms with E-state index in [-0.39, 0.29) is 29.5 Å². The highest BCUT2D eigenvalue weighted by Gasteiger charge is 2.36. The molecule has 0 radical (unpaired) electrons. The van der Waals surface area contributed by atoms with Gasteiger partial charge in [0.05, 0.1) is 23.5 Å². The molecule has 0 spiro atoms. The molecular formula is C13H22N2O2S. The van der Waals surface area contributed by atoms with Gasteiger partial charge in [-0.05, 0) is 19.8 Å². The van der Waals surface area contributed by atoms with Gasteiger partial charge in [-0.25, -0.2) is 8.42 Å². The molecule has 0 amide bonds. The minimum absolute atomic E-state index is 0.0581. The highest BCUT2D eigenvalue weighted by atomic mass is 32.2. The minimum Gasteiger partial charge on any atom is -0.294 e. The zero-order chi connectivity index (χ0) is 13.2. The van der Waals surface area contributed by atoms with Crippen molar-refractivity contribution in [3.8, 4) is 6.07 Å². The third kappa shape index (κ3) is 3.04. The molecule has 18 heavy (non-hydrogen) atoms. The molecule has 1 saturated carbocycles. The standard InChI is InChI=1S/C13H22N2O2S/c1-11-10-18(16,17)8-7-15(11)13-6-4-2-3-5-12(13)9-14/h11-13H,2-8,10H2,1H3. The summed E-state index contributed by atoms with van der Waals surface area (Å²) in [5, 5.41) is 9.31. The van der Waals surface area contributed by atoms with E-state index < -0.39 is 9.84 Å². The predicted octanol–water partition coefficient (Wildman–Crippen LogP) is 1.58. The molecule has 1 aliphatic carbocycles. The normalized spacial score (nSPS) is 37.7. The maximum Gasteiger partial charge on any atom is 0.153 e. The van der Waals surface area contributed by atoms with Crippen molar-refractivity contribution in [3.05, 3.63) is 0 Å². The van der Waals surface area contributed by atoms with Crippen molar-refractivity contribution in [2.75, 3.05) is 18.1 Å². The van der Waals surface area contributed by atoms with Crippen LogP contribution in [-0.4, -0.2) is 43.5 Å². The molecule has 5 heteroatoms. The first-order valence-electron chi connectivity index (χ1n) is 6.89. The lowest BCUT2D eigenvalue weighted by molar-refractivity contribution is 0.121. The molecule has 102 valence electrons. The lowest BCUT2D eigenvalue weighted by atomic mass is 9.94. The van der Waals surface area contributed by atoms with Gasteiger partial charge in [0.2, 0.25) is 0 Å². The van der Waals surface area contributed by atoms with Gasteiger partial charge in [-0.2, -0.15) is 5.26 Å². The van der Waals surface area contributed by atoms with Crippen LogP contribution in [0.15, 0.2) is 0 Å². The van der Waals surface area contributed by atoms with Crippen LogP contribution in [0.25, 0.3) is 0 Å². The molecule has 2 aliphatic rings. The van der Waals surface area contributed by atoms with Gasteiger partial charge in [0.25, 0.3) is 0 Å². The van der Waals surface area contributed by atoms with Crippen LogP contribution in [0, 0.1) is 17.2 Å². The average molecular weight is 270 g/mol. The van der Waals surface area contributed by atoms with Crippen molar-refractivity contribution in [3.63, 3.8) is 0 Å². The Morgan fingerprint density at radius 1 is 1.22 bits per heavy atom. The van der Waals surface area contributed by atoms with Gasteiger partial charge in [-0.1, -0.05) is 19.3 Å². The number of sulfone groups is 1. The van der Waals surface area contributed by atoms with E-state index in [0.29, 0.717) is 6.54 Å². The molecular weight excluding hydrogens is 248 g/mol. The highest BCUT2D eigenvalue weighted by Crippen LogP contribution is 2.29. The molecule has 2 rings (SSSR count). The van der Waals surface area contributed by atoms with Gasteiger partial charge in [-0.3, -0.25) is 4.90 Å². The van der Waals surface area contributed by atoms with E-state index in [1.807, 2.05) is 6.92 Å². The van der Waals surface area contributed by atoms with Crippen LogP contribution in [0.4, 0.5) is 0 Å². The number of hydrogen-bond acceptors (Lipinski definition) is 4. The van der Waals surface area contributed by atoms with E-state index in [1.165, 1.54) is 12.8 Å². The van der Waals surface area contributed by atoms with Gasteiger partial charge in [-0.15, -0.1) is 0 Å². The van der Waals surface area contributed by atoms with Crippen molar-refractivity contribution >= 4 is 9.84 Å². The maximum absolute atomic E-state index is 11.6. The molecule has 0 N–H and O–H groups in total. The Labute approximate surface area is 110 Å². The molecule has 0 aromatic heterocycles. The van der Waals surface area contributed by atoms with Gasteiger partial charge < -0.3 is 0 Å². The Hall–Kier alpha value is -0.600. The number of nitrogens with zero attached hydrogens (tertiary/aromatic N) is 2. The largest absolute Gasteiger partial charge is 0.294 e. The molecule has 3 unspecified atom stereocenters. The molecule has 0 aromatic rings. The van der Waals surface area contributed by atoms with E-state index in [9.17, 15) is 13.7 Å². The number of nitriles is 1. The first-order valence-corrected chi connectivity index (χ1v) is 8.71. The average Bonchev–Trinajstić information content (AvgIpc) is 2.53. The highest BCUT2D eigenvalue weighted by molar-refractivity contribution is 7.91. The second-order valence-corrected chi connectivity index (χ2v) is 7.87. The Kier molecular flexibility index (Phi) is 4.29. The van der Waals surface area contributed by atoms with Gasteiger partial charge >= 0.3 is 0 Å². The Morgan fingerprint density at radius 3 is 2.61 bits per heavy atom. The summed E-state index contributed by atoms with van der Waals surface area (Å²) in [5.74, 6) is 0.587. The zero-order valence-electron chi connectivity index (χ0n) is 11.0. The van der Waals surface area contributed by atoms with Crippen molar-refractivity contribution in [2.24, 2.45) is 5.92 Å². The Balaban J connectivity index is 2.12. The van der Waals surface area contributed by atoms with Crippen molar-refractivity contribution in [1.82, 2.24) is 4.90 Å². The molecule has 1 saturated heterocycles. The van der Waals surface area contributed by atoms with Crippen LogP contribution >= 0.6 is 0 Å². The molecule has 0 bridgehead atoms. The summed E-state index contributed by atoms with van der Waals surface area (Å²) in [6.45, 7) is 2.59. The maximum atomic E-state index is 11.6. The predicted molar refractivity (Wildman–Crippen MR) is 70.8 cm³/mol. The Bertz CT molecular complexity index is 427. The molecule has 2 fully saturated rings. The molecule has 3 atom stereocenters. The summed E-state index contributed by atoms with van der Waals surface area (Å²) in [6.07, 6.45) is 5.52. The van der Waals surface area contributed by atoms with E-state index in [2.05, 4.69) is 11.0 Å². The van der Waals surface area contributed by atoms with Crippen LogP contribution in [0.3, 0.4) is 0 Å². The third-order valence-corrected chi connectivity index (χ3v) is 6.09. The van der Waals surface area contributed by atoms with E-state index >= 15 is 0 Å². The SMILES string of the molecule is CC1CS(=O)(=O)CCN1C1CCCCCC1C#N. The van der Waals surface area contributed by atoms with Gasteiger partial charge in [0, 0.05) is 18.6 Å². The first-order chi connectivity index (χ1) is 8.53. The number of hydrogen-bond donors (Lipinski definition) is 0. The molecule has 0 aromatic carbocycles. The first kappa shape index (κ1) is 13.8. The summed E-state index contributed by atoms with van der Waals surface area (Å²) in [5.41, 5.74) is 0. The fourth-order valence-electron chi connectivity index (χ4n) is 3.34. The fourth-order valence-corrected chi connectivity index (χ4v) is 4.92. The van der Waals surface area contributed by atoms with E-state index in [0.717, 1.165) is 19.3 Å². The quantitative estimate of drug-likeness (QED) is 0.679. The topological polar surface area (TPSA) is 61.2 Å². The van der Waals surface area contributed by atoms with Crippen molar-refractivity contribution in [2.45, 2.75) is 51.1 Å². The third-order valence-electron chi connectivity index (χ3n) is 4.29. The van der Waals surface area contributed by atoms with Crippen LogP contribution in [0.1, 0.15) is 39.0 Å². The summed E-state index contributed by atoms with van der Waals surface area (Å²) in [7, 11) is -2.86. The van der Waals surface area contributed by atoms with Gasteiger partial charge in [0.1, 0.15) is 0 Å². The lowest BCUT2D eigenvalue weighted by Gasteiger charge is -2.40. The molecule has 1 aliphatic heterocycles. The number of rotatable bonds is 1. The van der Waals surface area contributed by atoms with Crippen molar-refractivity contribution < 1.29 is 8.42 Å². The monoisotopic (exact) mass is 270 g/mol. The van der Waals surface area contributed by atoms with Crippen LogP contribution in [0.2, 0.25) is 0 Å². The van der Waals surface area contributed by atoms with E-state index in [1.54, 1.807) is 0 Å². The van der Waals surface area contributed by atoms with Crippen LogP contribution < -0.4 is 0 Å². The fraction of sp³-hybridized carbons (Fsp3) is 0.923. The minimum atomic E-state index is -2.86. The van der Waals surface area contributed by atoms with Crippen LogP contribution in [0.5, 0.6) is 0 Å². The van der Waals surface area contributed by atoms with Crippen molar-refractivity contribution in [1.29, 1.82) is 5.26 Å². The van der Waals surface area contributed by atoms with Crippen LogP contribution in [-0.2, 0) is 9.84 Å². The summed E-state index contributed by atoms with van der Waals surface area (Å²) < 4.78 is 23.2. The second-order valence-electron chi connectivity index (χ2n) is 5.64. The van der Waals surface area contributed by atoms with E-state index in [4.69, 9.17) is 0 Å². The Morgan fingerprint density at radius 2 is 1.94 bits per heavy atom. The zero-order valence-corrected chi connectivity index (χ0v) is 11.8. The summed E-state index contributed by atoms with van der Waals surface area (Å²) >= 11 is 0.